The fourth-order valence-electron chi connectivity index (χ4n) is 4.10. The zero-order chi connectivity index (χ0) is 26.1. The van der Waals surface area contributed by atoms with E-state index in [1.807, 2.05) is 41.3 Å². The van der Waals surface area contributed by atoms with Crippen molar-refractivity contribution in [1.29, 1.82) is 0 Å². The number of sulfonamides is 1. The van der Waals surface area contributed by atoms with Crippen molar-refractivity contribution in [3.8, 4) is 0 Å². The van der Waals surface area contributed by atoms with Crippen molar-refractivity contribution in [2.24, 2.45) is 0 Å². The number of hydrogen-bond donors (Lipinski definition) is 1. The van der Waals surface area contributed by atoms with Gasteiger partial charge in [0.05, 0.1) is 5.02 Å². The van der Waals surface area contributed by atoms with Gasteiger partial charge in [0.25, 0.3) is 15.9 Å². The number of amides is 1. The third-order valence-corrected chi connectivity index (χ3v) is 8.33. The van der Waals surface area contributed by atoms with E-state index in [1.165, 1.54) is 23.8 Å². The topological polar surface area (TPSA) is 69.7 Å². The third-order valence-electron chi connectivity index (χ3n) is 6.23. The lowest BCUT2D eigenvalue weighted by atomic mass is 9.86. The maximum atomic E-state index is 13.0. The molecule has 0 spiro atoms. The van der Waals surface area contributed by atoms with E-state index < -0.39 is 10.0 Å². The van der Waals surface area contributed by atoms with Crippen LogP contribution in [0, 0.1) is 0 Å². The number of carbonyl (C=O) groups excluding carboxylic acids is 1. The Bertz CT molecular complexity index is 1340. The molecule has 0 unspecified atom stereocenters. The Balaban J connectivity index is 1.36. The lowest BCUT2D eigenvalue weighted by Gasteiger charge is -2.36. The minimum Gasteiger partial charge on any atom is -0.368 e. The molecule has 190 valence electrons. The molecule has 1 aliphatic heterocycles. The Kier molecular flexibility index (Phi) is 7.55. The first-order valence-electron chi connectivity index (χ1n) is 11.7. The Hall–Kier alpha value is -2.74. The van der Waals surface area contributed by atoms with Crippen molar-refractivity contribution in [2.45, 2.75) is 31.1 Å². The van der Waals surface area contributed by atoms with Crippen molar-refractivity contribution in [1.82, 2.24) is 4.90 Å². The lowest BCUT2D eigenvalue weighted by Crippen LogP contribution is -2.48. The van der Waals surface area contributed by atoms with Gasteiger partial charge in [-0.1, -0.05) is 56.1 Å². The van der Waals surface area contributed by atoms with E-state index in [1.54, 1.807) is 12.1 Å². The number of anilines is 2. The Labute approximate surface area is 222 Å². The largest absolute Gasteiger partial charge is 0.368 e. The van der Waals surface area contributed by atoms with Gasteiger partial charge in [0.15, 0.2) is 0 Å². The highest BCUT2D eigenvalue weighted by atomic mass is 35.5. The summed E-state index contributed by atoms with van der Waals surface area (Å²) in [5.74, 6) is 0.0412. The Morgan fingerprint density at radius 3 is 2.06 bits per heavy atom. The van der Waals surface area contributed by atoms with Crippen LogP contribution in [0.5, 0.6) is 0 Å². The molecule has 1 N–H and O–H groups in total. The van der Waals surface area contributed by atoms with E-state index in [9.17, 15) is 13.2 Å². The Morgan fingerprint density at radius 2 is 1.47 bits per heavy atom. The summed E-state index contributed by atoms with van der Waals surface area (Å²) in [6, 6.07) is 19.3. The summed E-state index contributed by atoms with van der Waals surface area (Å²) >= 11 is 12.0. The smallest absolute Gasteiger partial charge is 0.263 e. The number of hydrogen-bond acceptors (Lipinski definition) is 4. The second-order valence-electron chi connectivity index (χ2n) is 9.83. The second-order valence-corrected chi connectivity index (χ2v) is 12.3. The van der Waals surface area contributed by atoms with E-state index >= 15 is 0 Å². The Morgan fingerprint density at radius 1 is 0.861 bits per heavy atom. The van der Waals surface area contributed by atoms with Crippen LogP contribution >= 0.6 is 23.2 Å². The van der Waals surface area contributed by atoms with E-state index in [4.69, 9.17) is 23.2 Å². The predicted molar refractivity (Wildman–Crippen MR) is 147 cm³/mol. The van der Waals surface area contributed by atoms with Crippen LogP contribution in [0.25, 0.3) is 0 Å². The number of carbonyl (C=O) groups is 1. The van der Waals surface area contributed by atoms with Crippen LogP contribution < -0.4 is 9.62 Å². The zero-order valence-corrected chi connectivity index (χ0v) is 22.8. The van der Waals surface area contributed by atoms with E-state index in [0.29, 0.717) is 37.4 Å². The first-order valence-corrected chi connectivity index (χ1v) is 13.9. The molecule has 36 heavy (non-hydrogen) atoms. The van der Waals surface area contributed by atoms with Crippen molar-refractivity contribution in [2.75, 3.05) is 35.8 Å². The predicted octanol–water partition coefficient (Wildman–Crippen LogP) is 6.05. The number of rotatable bonds is 5. The van der Waals surface area contributed by atoms with Crippen LogP contribution in [0.4, 0.5) is 11.4 Å². The van der Waals surface area contributed by atoms with Crippen LogP contribution in [-0.4, -0.2) is 45.4 Å². The molecule has 3 aromatic carbocycles. The van der Waals surface area contributed by atoms with Gasteiger partial charge in [-0.25, -0.2) is 8.42 Å². The van der Waals surface area contributed by atoms with Crippen LogP contribution in [0.15, 0.2) is 71.6 Å². The molecule has 0 bridgehead atoms. The molecule has 0 atom stereocenters. The van der Waals surface area contributed by atoms with Crippen LogP contribution in [-0.2, 0) is 15.4 Å². The molecule has 0 saturated carbocycles. The van der Waals surface area contributed by atoms with Gasteiger partial charge in [-0.2, -0.15) is 0 Å². The fraction of sp³-hybridized carbons (Fsp3) is 0.296. The number of halogens is 2. The van der Waals surface area contributed by atoms with Gasteiger partial charge in [-0.3, -0.25) is 9.52 Å². The van der Waals surface area contributed by atoms with Crippen LogP contribution in [0.3, 0.4) is 0 Å². The zero-order valence-electron chi connectivity index (χ0n) is 20.5. The lowest BCUT2D eigenvalue weighted by molar-refractivity contribution is 0.0746. The van der Waals surface area contributed by atoms with E-state index in [2.05, 4.69) is 30.4 Å². The van der Waals surface area contributed by atoms with Gasteiger partial charge in [-0.05, 0) is 65.6 Å². The van der Waals surface area contributed by atoms with Gasteiger partial charge in [0.2, 0.25) is 0 Å². The number of nitrogens with one attached hydrogen (secondary N) is 1. The highest BCUT2D eigenvalue weighted by molar-refractivity contribution is 7.92. The molecule has 9 heteroatoms. The molecule has 1 saturated heterocycles. The monoisotopic (exact) mass is 545 g/mol. The normalized spacial score (nSPS) is 14.6. The average Bonchev–Trinajstić information content (AvgIpc) is 2.85. The molecular formula is C27H29Cl2N3O3S. The minimum absolute atomic E-state index is 0.0412. The van der Waals surface area contributed by atoms with Crippen molar-refractivity contribution in [3.05, 3.63) is 87.9 Å². The molecule has 3 aromatic rings. The number of benzene rings is 3. The molecular weight excluding hydrogens is 517 g/mol. The summed E-state index contributed by atoms with van der Waals surface area (Å²) in [6.45, 7) is 9.06. The SMILES string of the molecule is CC(C)(C)c1ccc(C(=O)N2CCN(c3ccc(NS(=O)(=O)c4cc(Cl)ccc4Cl)cc3)CC2)cc1. The molecule has 4 rings (SSSR count). The van der Waals surface area contributed by atoms with Crippen molar-refractivity contribution >= 4 is 50.5 Å². The minimum atomic E-state index is -3.88. The summed E-state index contributed by atoms with van der Waals surface area (Å²) in [5.41, 5.74) is 3.32. The molecule has 0 aromatic heterocycles. The average molecular weight is 547 g/mol. The van der Waals surface area contributed by atoms with E-state index in [-0.39, 0.29) is 26.3 Å². The maximum Gasteiger partial charge on any atom is 0.263 e. The number of nitrogens with zero attached hydrogens (tertiary/aromatic N) is 2. The standard InChI is InChI=1S/C27H29Cl2N3O3S/c1-27(2,3)20-6-4-19(5-7-20)26(33)32-16-14-31(15-17-32)23-11-9-22(10-12-23)30-36(34,35)25-18-21(28)8-13-24(25)29/h4-13,18,30H,14-17H2,1-3H3. The third kappa shape index (κ3) is 5.97. The highest BCUT2D eigenvalue weighted by Crippen LogP contribution is 2.28. The highest BCUT2D eigenvalue weighted by Gasteiger charge is 2.24. The summed E-state index contributed by atoms with van der Waals surface area (Å²) in [7, 11) is -3.88. The fourth-order valence-corrected chi connectivity index (χ4v) is 5.92. The molecule has 0 aliphatic carbocycles. The summed E-state index contributed by atoms with van der Waals surface area (Å²) < 4.78 is 28.0. The second kappa shape index (κ2) is 10.3. The van der Waals surface area contributed by atoms with Gasteiger partial charge in [0.1, 0.15) is 4.90 Å². The molecule has 1 aliphatic rings. The van der Waals surface area contributed by atoms with E-state index in [0.717, 1.165) is 5.69 Å². The molecule has 1 heterocycles. The van der Waals surface area contributed by atoms with Crippen LogP contribution in [0.1, 0.15) is 36.7 Å². The molecule has 0 radical (unpaired) electrons. The molecule has 1 fully saturated rings. The molecule has 6 nitrogen and oxygen atoms in total. The summed E-state index contributed by atoms with van der Waals surface area (Å²) in [4.78, 5) is 16.9. The summed E-state index contributed by atoms with van der Waals surface area (Å²) in [6.07, 6.45) is 0. The summed E-state index contributed by atoms with van der Waals surface area (Å²) in [5, 5.41) is 0.385. The maximum absolute atomic E-state index is 13.0. The van der Waals surface area contributed by atoms with Gasteiger partial charge < -0.3 is 9.80 Å². The van der Waals surface area contributed by atoms with Crippen LogP contribution in [0.2, 0.25) is 10.0 Å². The quantitative estimate of drug-likeness (QED) is 0.423. The van der Waals surface area contributed by atoms with Crippen molar-refractivity contribution < 1.29 is 13.2 Å². The number of piperazine rings is 1. The van der Waals surface area contributed by atoms with Gasteiger partial charge >= 0.3 is 0 Å². The first kappa shape index (κ1) is 26.3. The van der Waals surface area contributed by atoms with Gasteiger partial charge in [0, 0.05) is 48.1 Å². The molecule has 1 amide bonds. The van der Waals surface area contributed by atoms with Gasteiger partial charge in [-0.15, -0.1) is 0 Å². The first-order chi connectivity index (χ1) is 16.9. The van der Waals surface area contributed by atoms with Crippen molar-refractivity contribution in [3.63, 3.8) is 0 Å².